The molecule has 0 aliphatic carbocycles. The SMILES string of the molecule is CCC(C)C(C)C(=O)NC(CF)C(=O)O. The van der Waals surface area contributed by atoms with Crippen molar-refractivity contribution >= 4 is 11.9 Å². The summed E-state index contributed by atoms with van der Waals surface area (Å²) in [5.41, 5.74) is 0. The Morgan fingerprint density at radius 2 is 1.93 bits per heavy atom. The Morgan fingerprint density at radius 1 is 1.40 bits per heavy atom. The lowest BCUT2D eigenvalue weighted by Crippen LogP contribution is -2.45. The van der Waals surface area contributed by atoms with Crippen LogP contribution in [0.15, 0.2) is 0 Å². The summed E-state index contributed by atoms with van der Waals surface area (Å²) in [6, 6.07) is -1.43. The van der Waals surface area contributed by atoms with Crippen LogP contribution < -0.4 is 5.32 Å². The molecule has 0 saturated carbocycles. The Labute approximate surface area is 88.9 Å². The highest BCUT2D eigenvalue weighted by molar-refractivity contribution is 5.84. The third-order valence-corrected chi connectivity index (χ3v) is 2.68. The summed E-state index contributed by atoms with van der Waals surface area (Å²) in [6.07, 6.45) is 0.821. The Hall–Kier alpha value is -1.13. The number of rotatable bonds is 6. The summed E-state index contributed by atoms with van der Waals surface area (Å²) in [4.78, 5) is 21.9. The van der Waals surface area contributed by atoms with E-state index < -0.39 is 24.6 Å². The lowest BCUT2D eigenvalue weighted by atomic mass is 9.93. The second-order valence-electron chi connectivity index (χ2n) is 3.73. The first-order valence-corrected chi connectivity index (χ1v) is 5.03. The van der Waals surface area contributed by atoms with Crippen molar-refractivity contribution in [1.82, 2.24) is 5.32 Å². The molecule has 0 aromatic rings. The lowest BCUT2D eigenvalue weighted by molar-refractivity contribution is -0.143. The highest BCUT2D eigenvalue weighted by Crippen LogP contribution is 2.14. The van der Waals surface area contributed by atoms with Gasteiger partial charge in [-0.15, -0.1) is 0 Å². The average molecular weight is 219 g/mol. The lowest BCUT2D eigenvalue weighted by Gasteiger charge is -2.19. The smallest absolute Gasteiger partial charge is 0.328 e. The van der Waals surface area contributed by atoms with Crippen LogP contribution in [0.3, 0.4) is 0 Å². The molecular weight excluding hydrogens is 201 g/mol. The van der Waals surface area contributed by atoms with Crippen molar-refractivity contribution in [2.45, 2.75) is 33.2 Å². The summed E-state index contributed by atoms with van der Waals surface area (Å²) in [5.74, 6) is -1.90. The van der Waals surface area contributed by atoms with Gasteiger partial charge in [0.25, 0.3) is 0 Å². The number of nitrogens with one attached hydrogen (secondary N) is 1. The van der Waals surface area contributed by atoms with Gasteiger partial charge in [-0.2, -0.15) is 0 Å². The highest BCUT2D eigenvalue weighted by atomic mass is 19.1. The number of alkyl halides is 1. The maximum absolute atomic E-state index is 12.2. The van der Waals surface area contributed by atoms with Gasteiger partial charge in [-0.3, -0.25) is 4.79 Å². The van der Waals surface area contributed by atoms with Gasteiger partial charge < -0.3 is 10.4 Å². The summed E-state index contributed by atoms with van der Waals surface area (Å²) >= 11 is 0. The summed E-state index contributed by atoms with van der Waals surface area (Å²) < 4.78 is 12.2. The van der Waals surface area contributed by atoms with Crippen LogP contribution in [-0.4, -0.2) is 29.7 Å². The van der Waals surface area contributed by atoms with Crippen molar-refractivity contribution in [1.29, 1.82) is 0 Å². The third-order valence-electron chi connectivity index (χ3n) is 2.68. The molecule has 0 rings (SSSR count). The van der Waals surface area contributed by atoms with E-state index in [1.165, 1.54) is 0 Å². The van der Waals surface area contributed by atoms with Crippen LogP contribution in [0.4, 0.5) is 4.39 Å². The Balaban J connectivity index is 4.28. The molecule has 15 heavy (non-hydrogen) atoms. The molecule has 3 unspecified atom stereocenters. The van der Waals surface area contributed by atoms with Crippen LogP contribution in [-0.2, 0) is 9.59 Å². The molecule has 0 radical (unpaired) electrons. The molecule has 88 valence electrons. The number of carbonyl (C=O) groups is 2. The van der Waals surface area contributed by atoms with Crippen LogP contribution in [0, 0.1) is 11.8 Å². The Morgan fingerprint density at radius 3 is 2.27 bits per heavy atom. The second-order valence-corrected chi connectivity index (χ2v) is 3.73. The predicted octanol–water partition coefficient (Wildman–Crippen LogP) is 1.21. The van der Waals surface area contributed by atoms with Gasteiger partial charge in [0, 0.05) is 5.92 Å². The van der Waals surface area contributed by atoms with Crippen molar-refractivity contribution in [3.63, 3.8) is 0 Å². The summed E-state index contributed by atoms with van der Waals surface area (Å²) in [5, 5.41) is 10.7. The average Bonchev–Trinajstić information content (AvgIpc) is 2.22. The van der Waals surface area contributed by atoms with Crippen molar-refractivity contribution in [3.05, 3.63) is 0 Å². The number of amides is 1. The van der Waals surface area contributed by atoms with Gasteiger partial charge in [-0.05, 0) is 5.92 Å². The Kier molecular flexibility index (Phi) is 5.89. The van der Waals surface area contributed by atoms with Gasteiger partial charge in [0.15, 0.2) is 6.04 Å². The number of halogens is 1. The molecular formula is C10H18FNO3. The molecule has 0 heterocycles. The maximum Gasteiger partial charge on any atom is 0.328 e. The van der Waals surface area contributed by atoms with Gasteiger partial charge in [-0.25, -0.2) is 9.18 Å². The molecule has 4 nitrogen and oxygen atoms in total. The first-order chi connectivity index (χ1) is 6.93. The first-order valence-electron chi connectivity index (χ1n) is 5.03. The van der Waals surface area contributed by atoms with Crippen molar-refractivity contribution in [2.24, 2.45) is 11.8 Å². The zero-order valence-electron chi connectivity index (χ0n) is 9.29. The molecule has 0 aliphatic heterocycles. The van der Waals surface area contributed by atoms with E-state index in [-0.39, 0.29) is 11.8 Å². The number of carboxylic acids is 1. The minimum atomic E-state index is -1.43. The van der Waals surface area contributed by atoms with Crippen LogP contribution in [0.25, 0.3) is 0 Å². The number of hydrogen-bond donors (Lipinski definition) is 2. The molecule has 0 fully saturated rings. The minimum Gasteiger partial charge on any atom is -0.480 e. The van der Waals surface area contributed by atoms with E-state index in [0.29, 0.717) is 0 Å². The molecule has 2 N–H and O–H groups in total. The maximum atomic E-state index is 12.2. The fourth-order valence-electron chi connectivity index (χ4n) is 1.08. The van der Waals surface area contributed by atoms with E-state index in [1.54, 1.807) is 6.92 Å². The molecule has 3 atom stereocenters. The van der Waals surface area contributed by atoms with E-state index in [9.17, 15) is 14.0 Å². The third kappa shape index (κ3) is 4.27. The topological polar surface area (TPSA) is 66.4 Å². The largest absolute Gasteiger partial charge is 0.480 e. The highest BCUT2D eigenvalue weighted by Gasteiger charge is 2.24. The summed E-state index contributed by atoms with van der Waals surface area (Å²) in [6.45, 7) is 4.46. The number of carboxylic acid groups (broad SMARTS) is 1. The zero-order valence-corrected chi connectivity index (χ0v) is 9.29. The normalized spacial score (nSPS) is 16.5. The predicted molar refractivity (Wildman–Crippen MR) is 54.2 cm³/mol. The number of hydrogen-bond acceptors (Lipinski definition) is 2. The Bertz CT molecular complexity index is 233. The van der Waals surface area contributed by atoms with Gasteiger partial charge in [0.05, 0.1) is 0 Å². The van der Waals surface area contributed by atoms with Gasteiger partial charge in [-0.1, -0.05) is 27.2 Å². The van der Waals surface area contributed by atoms with Gasteiger partial charge >= 0.3 is 5.97 Å². The molecule has 0 spiro atoms. The molecule has 0 aromatic carbocycles. The second kappa shape index (κ2) is 6.37. The molecule has 5 heteroatoms. The standard InChI is InChI=1S/C10H18FNO3/c1-4-6(2)7(3)9(13)12-8(5-11)10(14)15/h6-8H,4-5H2,1-3H3,(H,12,13)(H,14,15). The van der Waals surface area contributed by atoms with Crippen LogP contribution in [0.5, 0.6) is 0 Å². The molecule has 0 saturated heterocycles. The van der Waals surface area contributed by atoms with Crippen LogP contribution in [0.1, 0.15) is 27.2 Å². The molecule has 1 amide bonds. The fraction of sp³-hybridized carbons (Fsp3) is 0.800. The molecule has 0 aliphatic rings. The van der Waals surface area contributed by atoms with Gasteiger partial charge in [0.1, 0.15) is 6.67 Å². The van der Waals surface area contributed by atoms with Gasteiger partial charge in [0.2, 0.25) is 5.91 Å². The van der Waals surface area contributed by atoms with Crippen molar-refractivity contribution in [2.75, 3.05) is 6.67 Å². The van der Waals surface area contributed by atoms with Crippen LogP contribution >= 0.6 is 0 Å². The van der Waals surface area contributed by atoms with Crippen LogP contribution in [0.2, 0.25) is 0 Å². The molecule has 0 bridgehead atoms. The first kappa shape index (κ1) is 13.9. The quantitative estimate of drug-likeness (QED) is 0.705. The van der Waals surface area contributed by atoms with E-state index in [2.05, 4.69) is 5.32 Å². The zero-order chi connectivity index (χ0) is 12.0. The van der Waals surface area contributed by atoms with E-state index in [4.69, 9.17) is 5.11 Å². The van der Waals surface area contributed by atoms with Crippen molar-refractivity contribution < 1.29 is 19.1 Å². The van der Waals surface area contributed by atoms with E-state index in [1.807, 2.05) is 13.8 Å². The monoisotopic (exact) mass is 219 g/mol. The minimum absolute atomic E-state index is 0.152. The van der Waals surface area contributed by atoms with E-state index in [0.717, 1.165) is 6.42 Å². The molecule has 0 aromatic heterocycles. The van der Waals surface area contributed by atoms with Crippen molar-refractivity contribution in [3.8, 4) is 0 Å². The van der Waals surface area contributed by atoms with E-state index >= 15 is 0 Å². The summed E-state index contributed by atoms with van der Waals surface area (Å²) in [7, 11) is 0. The number of carbonyl (C=O) groups excluding carboxylic acids is 1. The number of aliphatic carboxylic acids is 1. The fourth-order valence-corrected chi connectivity index (χ4v) is 1.08.